The van der Waals surface area contributed by atoms with E-state index < -0.39 is 0 Å². The van der Waals surface area contributed by atoms with Gasteiger partial charge in [0, 0.05) is 32.1 Å². The van der Waals surface area contributed by atoms with Gasteiger partial charge in [-0.15, -0.1) is 0 Å². The summed E-state index contributed by atoms with van der Waals surface area (Å²) in [6.45, 7) is 7.09. The Morgan fingerprint density at radius 1 is 1.14 bits per heavy atom. The molecule has 0 saturated carbocycles. The summed E-state index contributed by atoms with van der Waals surface area (Å²) in [7, 11) is 0. The Kier molecular flexibility index (Phi) is 6.24. The Morgan fingerprint density at radius 2 is 1.81 bits per heavy atom. The van der Waals surface area contributed by atoms with Crippen molar-refractivity contribution in [1.29, 1.82) is 0 Å². The predicted octanol–water partition coefficient (Wildman–Crippen LogP) is 3.38. The number of hydrogen-bond donors (Lipinski definition) is 1. The molecule has 1 aliphatic rings. The second-order valence-corrected chi connectivity index (χ2v) is 6.28. The molecule has 1 unspecified atom stereocenters. The molecule has 0 spiro atoms. The van der Waals surface area contributed by atoms with Crippen molar-refractivity contribution in [3.05, 3.63) is 35.9 Å². The molecule has 1 aromatic carbocycles. The third-order valence-electron chi connectivity index (χ3n) is 4.24. The molecular weight excluding hydrogens is 260 g/mol. The predicted molar refractivity (Wildman–Crippen MR) is 87.1 cm³/mol. The summed E-state index contributed by atoms with van der Waals surface area (Å²) in [5.74, 6) is 0.815. The Hall–Kier alpha value is -1.35. The maximum absolute atomic E-state index is 12.2. The molecule has 1 heterocycles. The number of carbonyl (C=O) groups excluding carboxylic acids is 1. The van der Waals surface area contributed by atoms with E-state index in [1.807, 2.05) is 11.0 Å². The van der Waals surface area contributed by atoms with Crippen LogP contribution >= 0.6 is 0 Å². The van der Waals surface area contributed by atoms with E-state index in [0.29, 0.717) is 24.3 Å². The molecule has 0 bridgehead atoms. The summed E-state index contributed by atoms with van der Waals surface area (Å²) in [5, 5.41) is 3.56. The molecule has 1 aromatic rings. The van der Waals surface area contributed by atoms with Crippen molar-refractivity contribution >= 4 is 5.91 Å². The van der Waals surface area contributed by atoms with E-state index in [0.717, 1.165) is 32.5 Å². The number of benzene rings is 1. The topological polar surface area (TPSA) is 32.3 Å². The summed E-state index contributed by atoms with van der Waals surface area (Å²) in [5.41, 5.74) is 1.30. The van der Waals surface area contributed by atoms with Crippen molar-refractivity contribution in [3.63, 3.8) is 0 Å². The van der Waals surface area contributed by atoms with Gasteiger partial charge in [-0.2, -0.15) is 0 Å². The quantitative estimate of drug-likeness (QED) is 0.870. The van der Waals surface area contributed by atoms with E-state index >= 15 is 0 Å². The van der Waals surface area contributed by atoms with Crippen LogP contribution in [-0.2, 0) is 4.79 Å². The monoisotopic (exact) mass is 288 g/mol. The average molecular weight is 288 g/mol. The number of carbonyl (C=O) groups is 1. The zero-order valence-corrected chi connectivity index (χ0v) is 13.3. The van der Waals surface area contributed by atoms with Crippen molar-refractivity contribution in [1.82, 2.24) is 10.2 Å². The lowest BCUT2D eigenvalue weighted by atomic mass is 9.96. The summed E-state index contributed by atoms with van der Waals surface area (Å²) in [6, 6.07) is 10.8. The molecule has 0 radical (unpaired) electrons. The molecule has 1 atom stereocenters. The number of amides is 1. The Bertz CT molecular complexity index is 424. The minimum Gasteiger partial charge on any atom is -0.343 e. The lowest BCUT2D eigenvalue weighted by molar-refractivity contribution is -0.132. The number of likely N-dealkylation sites (tertiary alicyclic amines) is 1. The van der Waals surface area contributed by atoms with Crippen LogP contribution in [0.3, 0.4) is 0 Å². The Morgan fingerprint density at radius 3 is 2.43 bits per heavy atom. The van der Waals surface area contributed by atoms with Crippen molar-refractivity contribution in [2.45, 2.75) is 45.6 Å². The molecule has 21 heavy (non-hydrogen) atoms. The van der Waals surface area contributed by atoms with Gasteiger partial charge in [0.15, 0.2) is 0 Å². The maximum Gasteiger partial charge on any atom is 0.223 e. The van der Waals surface area contributed by atoms with Gasteiger partial charge in [0.1, 0.15) is 0 Å². The largest absolute Gasteiger partial charge is 0.343 e. The Labute approximate surface area is 128 Å². The first-order chi connectivity index (χ1) is 10.2. The van der Waals surface area contributed by atoms with E-state index in [-0.39, 0.29) is 0 Å². The maximum atomic E-state index is 12.2. The smallest absolute Gasteiger partial charge is 0.223 e. The first-order valence-electron chi connectivity index (χ1n) is 8.24. The number of rotatable bonds is 6. The van der Waals surface area contributed by atoms with Gasteiger partial charge in [0.2, 0.25) is 5.91 Å². The second kappa shape index (κ2) is 8.18. The van der Waals surface area contributed by atoms with Crippen molar-refractivity contribution < 1.29 is 4.79 Å². The van der Waals surface area contributed by atoms with Crippen LogP contribution in [0.25, 0.3) is 0 Å². The average Bonchev–Trinajstić information content (AvgIpc) is 2.52. The van der Waals surface area contributed by atoms with Crippen LogP contribution in [0.2, 0.25) is 0 Å². The molecule has 1 amide bonds. The fourth-order valence-electron chi connectivity index (χ4n) is 3.03. The van der Waals surface area contributed by atoms with Crippen LogP contribution in [0.15, 0.2) is 30.3 Å². The molecule has 1 N–H and O–H groups in total. The van der Waals surface area contributed by atoms with Gasteiger partial charge >= 0.3 is 0 Å². The van der Waals surface area contributed by atoms with Crippen molar-refractivity contribution in [2.24, 2.45) is 5.92 Å². The number of nitrogens with zero attached hydrogens (tertiary/aromatic N) is 1. The van der Waals surface area contributed by atoms with Gasteiger partial charge < -0.3 is 10.2 Å². The molecule has 116 valence electrons. The van der Waals surface area contributed by atoms with Gasteiger partial charge in [-0.1, -0.05) is 44.2 Å². The lowest BCUT2D eigenvalue weighted by Crippen LogP contribution is -2.37. The first-order valence-corrected chi connectivity index (χ1v) is 8.24. The summed E-state index contributed by atoms with van der Waals surface area (Å²) < 4.78 is 0. The SMILES string of the molecule is CC(C)C(NCCC(=O)N1CCCCC1)c1ccccc1. The molecule has 0 aliphatic carbocycles. The fourth-order valence-corrected chi connectivity index (χ4v) is 3.03. The summed E-state index contributed by atoms with van der Waals surface area (Å²) in [4.78, 5) is 14.2. The molecule has 1 saturated heterocycles. The van der Waals surface area contributed by atoms with Gasteiger partial charge in [-0.3, -0.25) is 4.79 Å². The van der Waals surface area contributed by atoms with Crippen LogP contribution in [0.4, 0.5) is 0 Å². The van der Waals surface area contributed by atoms with Crippen LogP contribution in [0, 0.1) is 5.92 Å². The summed E-state index contributed by atoms with van der Waals surface area (Å²) >= 11 is 0. The molecule has 1 aliphatic heterocycles. The normalized spacial score (nSPS) is 17.0. The fraction of sp³-hybridized carbons (Fsp3) is 0.611. The lowest BCUT2D eigenvalue weighted by Gasteiger charge is -2.28. The molecule has 1 fully saturated rings. The molecule has 3 heteroatoms. The summed E-state index contributed by atoms with van der Waals surface area (Å²) in [6.07, 6.45) is 4.21. The van der Waals surface area contributed by atoms with Crippen LogP contribution in [0.5, 0.6) is 0 Å². The van der Waals surface area contributed by atoms with E-state index in [1.54, 1.807) is 0 Å². The van der Waals surface area contributed by atoms with Crippen LogP contribution in [0.1, 0.15) is 51.1 Å². The van der Waals surface area contributed by atoms with Gasteiger partial charge in [0.05, 0.1) is 0 Å². The highest BCUT2D eigenvalue weighted by Gasteiger charge is 2.18. The van der Waals surface area contributed by atoms with Gasteiger partial charge in [0.25, 0.3) is 0 Å². The first kappa shape index (κ1) is 16.0. The van der Waals surface area contributed by atoms with Crippen molar-refractivity contribution in [2.75, 3.05) is 19.6 Å². The highest BCUT2D eigenvalue weighted by molar-refractivity contribution is 5.76. The van der Waals surface area contributed by atoms with E-state index in [4.69, 9.17) is 0 Å². The second-order valence-electron chi connectivity index (χ2n) is 6.28. The van der Waals surface area contributed by atoms with Crippen LogP contribution < -0.4 is 5.32 Å². The van der Waals surface area contributed by atoms with Gasteiger partial charge in [-0.25, -0.2) is 0 Å². The number of piperidine rings is 1. The minimum atomic E-state index is 0.303. The highest BCUT2D eigenvalue weighted by atomic mass is 16.2. The molecular formula is C18H28N2O. The van der Waals surface area contributed by atoms with Gasteiger partial charge in [-0.05, 0) is 30.7 Å². The highest BCUT2D eigenvalue weighted by Crippen LogP contribution is 2.21. The third kappa shape index (κ3) is 4.85. The van der Waals surface area contributed by atoms with E-state index in [1.165, 1.54) is 12.0 Å². The Balaban J connectivity index is 1.81. The molecule has 2 rings (SSSR count). The number of hydrogen-bond acceptors (Lipinski definition) is 2. The zero-order valence-electron chi connectivity index (χ0n) is 13.3. The molecule has 3 nitrogen and oxygen atoms in total. The van der Waals surface area contributed by atoms with E-state index in [2.05, 4.69) is 43.4 Å². The number of nitrogens with one attached hydrogen (secondary N) is 1. The zero-order chi connectivity index (χ0) is 15.1. The minimum absolute atomic E-state index is 0.303. The van der Waals surface area contributed by atoms with Crippen LogP contribution in [-0.4, -0.2) is 30.4 Å². The third-order valence-corrected chi connectivity index (χ3v) is 4.24. The standard InChI is InChI=1S/C18H28N2O/c1-15(2)18(16-9-5-3-6-10-16)19-12-11-17(21)20-13-7-4-8-14-20/h3,5-6,9-10,15,18-19H,4,7-8,11-14H2,1-2H3. The molecule has 0 aromatic heterocycles. The van der Waals surface area contributed by atoms with E-state index in [9.17, 15) is 4.79 Å². The van der Waals surface area contributed by atoms with Crippen molar-refractivity contribution in [3.8, 4) is 0 Å².